The van der Waals surface area contributed by atoms with Crippen LogP contribution in [-0.2, 0) is 4.79 Å². The topological polar surface area (TPSA) is 61.9 Å². The second-order valence-corrected chi connectivity index (χ2v) is 10.00. The first-order chi connectivity index (χ1) is 16.8. The lowest BCUT2D eigenvalue weighted by Crippen LogP contribution is -2.50. The molecule has 7 heteroatoms. The summed E-state index contributed by atoms with van der Waals surface area (Å²) in [4.78, 5) is 29.4. The molecule has 0 unspecified atom stereocenters. The van der Waals surface area contributed by atoms with E-state index < -0.39 is 0 Å². The molecule has 2 aromatic rings. The predicted octanol–water partition coefficient (Wildman–Crippen LogP) is 4.57. The normalized spacial score (nSPS) is 14.8. The number of amides is 1. The Labute approximate surface area is 214 Å². The van der Waals surface area contributed by atoms with Gasteiger partial charge in [0, 0.05) is 48.4 Å². The van der Waals surface area contributed by atoms with Gasteiger partial charge >= 0.3 is 0 Å². The van der Waals surface area contributed by atoms with Crippen LogP contribution in [0.2, 0.25) is 5.02 Å². The number of piperazine rings is 1. The number of aryl methyl sites for hydroxylation is 1. The number of hydrogen-bond acceptors (Lipinski definition) is 5. The van der Waals surface area contributed by atoms with E-state index >= 15 is 0 Å². The van der Waals surface area contributed by atoms with E-state index in [4.69, 9.17) is 16.3 Å². The zero-order chi connectivity index (χ0) is 25.2. The third-order valence-corrected chi connectivity index (χ3v) is 6.47. The van der Waals surface area contributed by atoms with Crippen LogP contribution in [0.15, 0.2) is 42.5 Å². The minimum atomic E-state index is -0.00891. The Bertz CT molecular complexity index is 970. The third-order valence-electron chi connectivity index (χ3n) is 6.22. The number of unbranched alkanes of at least 4 members (excludes halogenated alkanes) is 2. The summed E-state index contributed by atoms with van der Waals surface area (Å²) in [6.07, 6.45) is 3.26. The van der Waals surface area contributed by atoms with Gasteiger partial charge in [0.25, 0.3) is 0 Å². The van der Waals surface area contributed by atoms with Crippen molar-refractivity contribution in [3.8, 4) is 5.75 Å². The van der Waals surface area contributed by atoms with Crippen LogP contribution >= 0.6 is 11.6 Å². The monoisotopic (exact) mass is 499 g/mol. The number of benzene rings is 2. The minimum absolute atomic E-state index is 0.00891. The summed E-state index contributed by atoms with van der Waals surface area (Å²) in [6.45, 7) is 12.1. The van der Waals surface area contributed by atoms with Crippen molar-refractivity contribution in [1.82, 2.24) is 15.1 Å². The molecular formula is C28H38ClN3O3. The minimum Gasteiger partial charge on any atom is -0.494 e. The summed E-state index contributed by atoms with van der Waals surface area (Å²) >= 11 is 5.92. The van der Waals surface area contributed by atoms with E-state index in [-0.39, 0.29) is 17.7 Å². The zero-order valence-electron chi connectivity index (χ0n) is 21.2. The summed E-state index contributed by atoms with van der Waals surface area (Å²) < 4.78 is 5.93. The van der Waals surface area contributed by atoms with Crippen molar-refractivity contribution in [3.05, 3.63) is 64.2 Å². The van der Waals surface area contributed by atoms with Gasteiger partial charge in [0.15, 0.2) is 5.78 Å². The molecule has 0 radical (unpaired) electrons. The average molecular weight is 500 g/mol. The smallest absolute Gasteiger partial charge is 0.234 e. The van der Waals surface area contributed by atoms with E-state index in [1.165, 1.54) is 0 Å². The molecule has 1 aliphatic heterocycles. The van der Waals surface area contributed by atoms with Crippen molar-refractivity contribution < 1.29 is 14.3 Å². The van der Waals surface area contributed by atoms with Gasteiger partial charge < -0.3 is 15.0 Å². The first-order valence-electron chi connectivity index (χ1n) is 12.6. The first kappa shape index (κ1) is 27.2. The Morgan fingerprint density at radius 1 is 0.971 bits per heavy atom. The van der Waals surface area contributed by atoms with Crippen LogP contribution in [0.5, 0.6) is 5.75 Å². The lowest BCUT2D eigenvalue weighted by atomic mass is 9.99. The van der Waals surface area contributed by atoms with Gasteiger partial charge in [-0.15, -0.1) is 0 Å². The Balaban J connectivity index is 1.30. The Kier molecular flexibility index (Phi) is 10.6. The number of halogens is 1. The van der Waals surface area contributed by atoms with Crippen LogP contribution in [-0.4, -0.2) is 73.4 Å². The van der Waals surface area contributed by atoms with Gasteiger partial charge in [0.2, 0.25) is 5.91 Å². The maximum absolute atomic E-state index is 12.7. The Morgan fingerprint density at radius 2 is 1.66 bits per heavy atom. The molecular weight excluding hydrogens is 462 g/mol. The molecule has 35 heavy (non-hydrogen) atoms. The Morgan fingerprint density at radius 3 is 2.31 bits per heavy atom. The summed E-state index contributed by atoms with van der Waals surface area (Å²) in [6, 6.07) is 12.8. The number of ketones is 1. The number of nitrogens with zero attached hydrogens (tertiary/aromatic N) is 2. The molecule has 0 aliphatic carbocycles. The van der Waals surface area contributed by atoms with E-state index in [2.05, 4.69) is 15.1 Å². The SMILES string of the molecule is Cc1cc(OCCCCCN2CCN(CC(=O)NC(C)C)CC2)ccc1C(=O)c1ccc(Cl)cc1. The second kappa shape index (κ2) is 13.6. The molecule has 2 aromatic carbocycles. The number of ether oxygens (including phenoxy) is 1. The van der Waals surface area contributed by atoms with Crippen LogP contribution in [0.3, 0.4) is 0 Å². The number of rotatable bonds is 12. The lowest BCUT2D eigenvalue weighted by molar-refractivity contribution is -0.123. The zero-order valence-corrected chi connectivity index (χ0v) is 21.9. The van der Waals surface area contributed by atoms with Crippen molar-refractivity contribution in [2.24, 2.45) is 0 Å². The predicted molar refractivity (Wildman–Crippen MR) is 142 cm³/mol. The van der Waals surface area contributed by atoms with E-state index in [1.807, 2.05) is 39.0 Å². The van der Waals surface area contributed by atoms with Crippen LogP contribution in [0.25, 0.3) is 0 Å². The Hall–Kier alpha value is -2.41. The molecule has 1 fully saturated rings. The maximum Gasteiger partial charge on any atom is 0.234 e. The van der Waals surface area contributed by atoms with E-state index in [0.29, 0.717) is 29.3 Å². The summed E-state index contributed by atoms with van der Waals surface area (Å²) in [5, 5.41) is 3.58. The first-order valence-corrected chi connectivity index (χ1v) is 13.0. The molecule has 0 saturated carbocycles. The highest BCUT2D eigenvalue weighted by Gasteiger charge is 2.18. The van der Waals surface area contributed by atoms with Crippen LogP contribution in [0, 0.1) is 6.92 Å². The molecule has 1 N–H and O–H groups in total. The fourth-order valence-electron chi connectivity index (χ4n) is 4.28. The van der Waals surface area contributed by atoms with Gasteiger partial charge in [-0.05, 0) is 94.6 Å². The lowest BCUT2D eigenvalue weighted by Gasteiger charge is -2.34. The third kappa shape index (κ3) is 8.95. The average Bonchev–Trinajstić information content (AvgIpc) is 2.82. The molecule has 3 rings (SSSR count). The van der Waals surface area contributed by atoms with Crippen molar-refractivity contribution in [1.29, 1.82) is 0 Å². The number of nitrogens with one attached hydrogen (secondary N) is 1. The molecule has 1 amide bonds. The molecule has 190 valence electrons. The largest absolute Gasteiger partial charge is 0.494 e. The van der Waals surface area contributed by atoms with Crippen molar-refractivity contribution in [2.75, 3.05) is 45.9 Å². The molecule has 0 spiro atoms. The standard InChI is InChI=1S/C28H38ClN3O3/c1-21(2)30-27(33)20-32-16-14-31(15-17-32)13-5-4-6-18-35-25-11-12-26(22(3)19-25)28(34)23-7-9-24(29)10-8-23/h7-12,19,21H,4-6,13-18,20H2,1-3H3,(H,30,33). The highest BCUT2D eigenvalue weighted by atomic mass is 35.5. The number of carbonyl (C=O) groups excluding carboxylic acids is 2. The van der Waals surface area contributed by atoms with Gasteiger partial charge in [0.05, 0.1) is 13.2 Å². The fraction of sp³-hybridized carbons (Fsp3) is 0.500. The highest BCUT2D eigenvalue weighted by molar-refractivity contribution is 6.30. The van der Waals surface area contributed by atoms with E-state index in [9.17, 15) is 9.59 Å². The van der Waals surface area contributed by atoms with E-state index in [1.54, 1.807) is 24.3 Å². The molecule has 6 nitrogen and oxygen atoms in total. The van der Waals surface area contributed by atoms with Crippen LogP contribution in [0.4, 0.5) is 0 Å². The van der Waals surface area contributed by atoms with Gasteiger partial charge in [-0.3, -0.25) is 14.5 Å². The molecule has 0 atom stereocenters. The summed E-state index contributed by atoms with van der Waals surface area (Å²) in [5.74, 6) is 0.907. The molecule has 1 saturated heterocycles. The van der Waals surface area contributed by atoms with Gasteiger partial charge in [0.1, 0.15) is 5.75 Å². The number of carbonyl (C=O) groups is 2. The molecule has 1 aliphatic rings. The van der Waals surface area contributed by atoms with E-state index in [0.717, 1.165) is 63.3 Å². The van der Waals surface area contributed by atoms with Crippen LogP contribution in [0.1, 0.15) is 54.6 Å². The highest BCUT2D eigenvalue weighted by Crippen LogP contribution is 2.21. The second-order valence-electron chi connectivity index (χ2n) is 9.56. The summed E-state index contributed by atoms with van der Waals surface area (Å²) in [5.41, 5.74) is 2.22. The number of hydrogen-bond donors (Lipinski definition) is 1. The van der Waals surface area contributed by atoms with Crippen LogP contribution < -0.4 is 10.1 Å². The van der Waals surface area contributed by atoms with Gasteiger partial charge in [-0.1, -0.05) is 11.6 Å². The van der Waals surface area contributed by atoms with Gasteiger partial charge in [-0.25, -0.2) is 0 Å². The van der Waals surface area contributed by atoms with Crippen molar-refractivity contribution in [3.63, 3.8) is 0 Å². The maximum atomic E-state index is 12.7. The quantitative estimate of drug-likeness (QED) is 0.342. The fourth-order valence-corrected chi connectivity index (χ4v) is 4.41. The summed E-state index contributed by atoms with van der Waals surface area (Å²) in [7, 11) is 0. The van der Waals surface area contributed by atoms with Gasteiger partial charge in [-0.2, -0.15) is 0 Å². The van der Waals surface area contributed by atoms with Crippen molar-refractivity contribution in [2.45, 2.75) is 46.1 Å². The molecule has 0 aromatic heterocycles. The molecule has 0 bridgehead atoms. The van der Waals surface area contributed by atoms with Crippen molar-refractivity contribution >= 4 is 23.3 Å². The molecule has 1 heterocycles.